The van der Waals surface area contributed by atoms with E-state index in [1.807, 2.05) is 87.2 Å². The van der Waals surface area contributed by atoms with E-state index in [2.05, 4.69) is 10.6 Å². The van der Waals surface area contributed by atoms with Crippen molar-refractivity contribution in [1.29, 1.82) is 0 Å². The summed E-state index contributed by atoms with van der Waals surface area (Å²) in [7, 11) is 0. The number of rotatable bonds is 14. The maximum atomic E-state index is 14.2. The van der Waals surface area contributed by atoms with Crippen molar-refractivity contribution in [2.45, 2.75) is 53.1 Å². The summed E-state index contributed by atoms with van der Waals surface area (Å²) in [6.45, 7) is 10.5. The van der Waals surface area contributed by atoms with Crippen LogP contribution in [0, 0.1) is 12.8 Å². The van der Waals surface area contributed by atoms with Crippen molar-refractivity contribution in [1.82, 2.24) is 25.1 Å². The first-order chi connectivity index (χ1) is 21.2. The van der Waals surface area contributed by atoms with E-state index in [9.17, 15) is 14.4 Å². The quantitative estimate of drug-likeness (QED) is 0.176. The van der Waals surface area contributed by atoms with Gasteiger partial charge in [0.05, 0.1) is 23.5 Å². The van der Waals surface area contributed by atoms with E-state index < -0.39 is 6.04 Å². The van der Waals surface area contributed by atoms with Crippen LogP contribution in [0.4, 0.5) is 0 Å². The number of aromatic nitrogens is 2. The molecular weight excluding hydrogens is 574 g/mol. The Balaban J connectivity index is 1.75. The maximum Gasteiger partial charge on any atom is 0.261 e. The van der Waals surface area contributed by atoms with Crippen molar-refractivity contribution in [3.63, 3.8) is 0 Å². The molecule has 0 bridgehead atoms. The number of hydrogen-bond donors (Lipinski definition) is 2. The van der Waals surface area contributed by atoms with Gasteiger partial charge in [-0.1, -0.05) is 73.5 Å². The fraction of sp³-hybridized carbons (Fsp3) is 0.371. The van der Waals surface area contributed by atoms with Crippen molar-refractivity contribution < 1.29 is 9.59 Å². The third-order valence-electron chi connectivity index (χ3n) is 7.58. The zero-order valence-corrected chi connectivity index (χ0v) is 26.7. The zero-order valence-electron chi connectivity index (χ0n) is 26.0. The lowest BCUT2D eigenvalue weighted by atomic mass is 9.98. The Kier molecular flexibility index (Phi) is 11.7. The van der Waals surface area contributed by atoms with E-state index in [1.54, 1.807) is 22.8 Å². The second-order valence-corrected chi connectivity index (χ2v) is 11.8. The first kappa shape index (κ1) is 32.9. The van der Waals surface area contributed by atoms with Crippen molar-refractivity contribution >= 4 is 34.3 Å². The summed E-state index contributed by atoms with van der Waals surface area (Å²) in [5.74, 6) is 0.335. The van der Waals surface area contributed by atoms with Crippen LogP contribution < -0.4 is 16.2 Å². The molecule has 2 N–H and O–H groups in total. The first-order valence-corrected chi connectivity index (χ1v) is 15.7. The van der Waals surface area contributed by atoms with E-state index in [0.717, 1.165) is 11.1 Å². The van der Waals surface area contributed by atoms with Gasteiger partial charge in [-0.15, -0.1) is 0 Å². The average molecular weight is 616 g/mol. The van der Waals surface area contributed by atoms with Crippen LogP contribution in [0.3, 0.4) is 0 Å². The minimum Gasteiger partial charge on any atom is -0.356 e. The third-order valence-corrected chi connectivity index (χ3v) is 7.81. The lowest BCUT2D eigenvalue weighted by molar-refractivity contribution is -0.120. The third kappa shape index (κ3) is 8.33. The molecule has 0 radical (unpaired) electrons. The van der Waals surface area contributed by atoms with Gasteiger partial charge in [0.15, 0.2) is 0 Å². The largest absolute Gasteiger partial charge is 0.356 e. The fourth-order valence-electron chi connectivity index (χ4n) is 5.37. The lowest BCUT2D eigenvalue weighted by Gasteiger charge is -2.35. The predicted octanol–water partition coefficient (Wildman–Crippen LogP) is 5.75. The van der Waals surface area contributed by atoms with Crippen molar-refractivity contribution in [2.24, 2.45) is 5.92 Å². The molecule has 4 rings (SSSR count). The van der Waals surface area contributed by atoms with Crippen LogP contribution in [-0.2, 0) is 11.3 Å². The zero-order chi connectivity index (χ0) is 31.6. The summed E-state index contributed by atoms with van der Waals surface area (Å²) in [5.41, 5.74) is 2.93. The Hall–Kier alpha value is -4.01. The molecule has 0 spiro atoms. The van der Waals surface area contributed by atoms with E-state index in [-0.39, 0.29) is 23.3 Å². The summed E-state index contributed by atoms with van der Waals surface area (Å²) in [4.78, 5) is 47.0. The second-order valence-electron chi connectivity index (χ2n) is 11.4. The van der Waals surface area contributed by atoms with Crippen LogP contribution in [0.15, 0.2) is 77.6 Å². The van der Waals surface area contributed by atoms with Gasteiger partial charge < -0.3 is 15.5 Å². The highest BCUT2D eigenvalue weighted by Gasteiger charge is 2.32. The molecule has 0 unspecified atom stereocenters. The highest BCUT2D eigenvalue weighted by Crippen LogP contribution is 2.31. The minimum absolute atomic E-state index is 0.00918. The van der Waals surface area contributed by atoms with Crippen molar-refractivity contribution in [3.8, 4) is 0 Å². The summed E-state index contributed by atoms with van der Waals surface area (Å²) >= 11 is 6.34. The number of carbonyl (C=O) groups is 2. The molecule has 0 saturated heterocycles. The number of hydrogen-bond acceptors (Lipinski definition) is 5. The number of amides is 2. The maximum absolute atomic E-state index is 14.2. The Morgan fingerprint density at radius 3 is 2.41 bits per heavy atom. The highest BCUT2D eigenvalue weighted by atomic mass is 35.5. The number of nitrogens with one attached hydrogen (secondary N) is 2. The molecule has 8 nitrogen and oxygen atoms in total. The molecule has 1 aromatic heterocycles. The van der Waals surface area contributed by atoms with E-state index in [0.29, 0.717) is 72.9 Å². The molecule has 3 aromatic carbocycles. The normalized spacial score (nSPS) is 12.0. The van der Waals surface area contributed by atoms with Gasteiger partial charge in [0.2, 0.25) is 5.91 Å². The number of nitrogens with zero attached hydrogens (tertiary/aromatic N) is 3. The predicted molar refractivity (Wildman–Crippen MR) is 177 cm³/mol. The summed E-state index contributed by atoms with van der Waals surface area (Å²) in [6, 6.07) is 22.0. The Bertz CT molecular complexity index is 1620. The van der Waals surface area contributed by atoms with Crippen molar-refractivity contribution in [2.75, 3.05) is 26.2 Å². The Morgan fingerprint density at radius 2 is 1.73 bits per heavy atom. The van der Waals surface area contributed by atoms with Gasteiger partial charge in [0, 0.05) is 36.6 Å². The van der Waals surface area contributed by atoms with Gasteiger partial charge in [-0.3, -0.25) is 19.0 Å². The fourth-order valence-corrected chi connectivity index (χ4v) is 5.54. The molecule has 44 heavy (non-hydrogen) atoms. The smallest absolute Gasteiger partial charge is 0.261 e. The van der Waals surface area contributed by atoms with E-state index in [4.69, 9.17) is 16.6 Å². The molecule has 0 aliphatic heterocycles. The van der Waals surface area contributed by atoms with Crippen LogP contribution in [-0.4, -0.2) is 52.4 Å². The molecule has 9 heteroatoms. The molecule has 4 aromatic rings. The molecule has 0 saturated carbocycles. The van der Waals surface area contributed by atoms with E-state index in [1.165, 1.54) is 0 Å². The molecule has 1 atom stereocenters. The summed E-state index contributed by atoms with van der Waals surface area (Å²) in [6.07, 6.45) is 1.04. The Morgan fingerprint density at radius 1 is 1.00 bits per heavy atom. The van der Waals surface area contributed by atoms with Gasteiger partial charge in [-0.25, -0.2) is 4.98 Å². The van der Waals surface area contributed by atoms with Gasteiger partial charge in [-0.05, 0) is 68.6 Å². The number of aryl methyl sites for hydroxylation is 1. The van der Waals surface area contributed by atoms with Gasteiger partial charge >= 0.3 is 0 Å². The molecule has 1 heterocycles. The second kappa shape index (κ2) is 15.6. The van der Waals surface area contributed by atoms with E-state index >= 15 is 0 Å². The first-order valence-electron chi connectivity index (χ1n) is 15.3. The van der Waals surface area contributed by atoms with Gasteiger partial charge in [0.25, 0.3) is 11.5 Å². The SMILES string of the molecule is CCNC(=O)CCNCCCN(C(=O)c1ccc(C)cc1)[C@@H](c1nc2cc(Cl)ccc2c(=O)n1Cc1ccccc1)C(C)C. The standard InChI is InChI=1S/C35H42ClN5O3/c1-5-38-31(42)18-20-37-19-9-21-40(34(43)27-14-12-25(4)13-15-27)32(24(2)3)33-39-30-22-28(36)16-17-29(30)35(44)41(33)23-26-10-7-6-8-11-26/h6-8,10-17,22,24,32,37H,5,9,18-21,23H2,1-4H3,(H,38,42)/t32-/m1/s1. The molecule has 2 amide bonds. The number of carbonyl (C=O) groups excluding carboxylic acids is 2. The van der Waals surface area contributed by atoms with Gasteiger partial charge in [-0.2, -0.15) is 0 Å². The van der Waals surface area contributed by atoms with Crippen LogP contribution in [0.1, 0.15) is 67.0 Å². The van der Waals surface area contributed by atoms with Crippen LogP contribution in [0.5, 0.6) is 0 Å². The van der Waals surface area contributed by atoms with Crippen LogP contribution in [0.2, 0.25) is 5.02 Å². The van der Waals surface area contributed by atoms with Gasteiger partial charge in [0.1, 0.15) is 5.82 Å². The average Bonchev–Trinajstić information content (AvgIpc) is 3.00. The molecule has 0 aliphatic rings. The van der Waals surface area contributed by atoms with Crippen LogP contribution >= 0.6 is 11.6 Å². The summed E-state index contributed by atoms with van der Waals surface area (Å²) < 4.78 is 1.70. The number of halogens is 1. The van der Waals surface area contributed by atoms with Crippen molar-refractivity contribution in [3.05, 3.63) is 111 Å². The topological polar surface area (TPSA) is 96.3 Å². The molecule has 232 valence electrons. The molecule has 0 aliphatic carbocycles. The minimum atomic E-state index is -0.501. The Labute approximate surface area is 264 Å². The highest BCUT2D eigenvalue weighted by molar-refractivity contribution is 6.31. The van der Waals surface area contributed by atoms with Crippen LogP contribution in [0.25, 0.3) is 10.9 Å². The number of benzene rings is 3. The summed E-state index contributed by atoms with van der Waals surface area (Å²) in [5, 5.41) is 7.09. The monoisotopic (exact) mass is 615 g/mol. The lowest BCUT2D eigenvalue weighted by Crippen LogP contribution is -2.42. The molecule has 0 fully saturated rings. The number of fused-ring (bicyclic) bond motifs is 1. The molecular formula is C35H42ClN5O3.